The van der Waals surface area contributed by atoms with Crippen LogP contribution in [-0.2, 0) is 6.54 Å². The molecule has 170 valence electrons. The lowest BCUT2D eigenvalue weighted by Crippen LogP contribution is -2.12. The molecule has 1 aromatic carbocycles. The minimum absolute atomic E-state index is 0.0664. The Morgan fingerprint density at radius 1 is 1.23 bits per heavy atom. The van der Waals surface area contributed by atoms with Crippen molar-refractivity contribution in [2.24, 2.45) is 0 Å². The molecule has 8 nitrogen and oxygen atoms in total. The van der Waals surface area contributed by atoms with Gasteiger partial charge in [0.05, 0.1) is 16.9 Å². The predicted molar refractivity (Wildman–Crippen MR) is 127 cm³/mol. The number of nitrogens with two attached hydrogens (primary N) is 1. The van der Waals surface area contributed by atoms with Crippen LogP contribution in [0.1, 0.15) is 51.0 Å². The number of nitrogens with zero attached hydrogens (tertiary/aromatic N) is 3. The second kappa shape index (κ2) is 14.2. The Hall–Kier alpha value is -2.84. The van der Waals surface area contributed by atoms with Gasteiger partial charge in [-0.25, -0.2) is 0 Å². The Bertz CT molecular complexity index is 920. The molecule has 0 saturated heterocycles. The summed E-state index contributed by atoms with van der Waals surface area (Å²) < 4.78 is 6.71. The predicted octanol–water partition coefficient (Wildman–Crippen LogP) is 5.08. The third-order valence-electron chi connectivity index (χ3n) is 3.89. The van der Waals surface area contributed by atoms with Crippen LogP contribution in [0.3, 0.4) is 0 Å². The second-order valence-corrected chi connectivity index (χ2v) is 6.72. The van der Waals surface area contributed by atoms with Gasteiger partial charge in [-0.15, -0.1) is 0 Å². The Morgan fingerprint density at radius 3 is 2.52 bits per heavy atom. The number of nitrogens with one attached hydrogen (secondary N) is 2. The number of carbonyl (C=O) groups excluding carboxylic acids is 1. The fourth-order valence-electron chi connectivity index (χ4n) is 2.49. The van der Waals surface area contributed by atoms with Crippen molar-refractivity contribution in [3.8, 4) is 11.1 Å². The number of hydrogen-bond donors (Lipinski definition) is 3. The molecule has 0 saturated carbocycles. The average Bonchev–Trinajstić information content (AvgIpc) is 3.42. The van der Waals surface area contributed by atoms with E-state index in [0.29, 0.717) is 10.7 Å². The van der Waals surface area contributed by atoms with Crippen molar-refractivity contribution in [2.45, 2.75) is 47.1 Å². The van der Waals surface area contributed by atoms with Gasteiger partial charge in [0.15, 0.2) is 5.69 Å². The number of anilines is 2. The number of aromatic nitrogens is 3. The first kappa shape index (κ1) is 26.2. The van der Waals surface area contributed by atoms with Crippen molar-refractivity contribution < 1.29 is 9.21 Å². The van der Waals surface area contributed by atoms with E-state index in [2.05, 4.69) is 34.6 Å². The van der Waals surface area contributed by atoms with Gasteiger partial charge in [-0.2, -0.15) is 10.1 Å². The van der Waals surface area contributed by atoms with Gasteiger partial charge < -0.3 is 20.8 Å². The van der Waals surface area contributed by atoms with Gasteiger partial charge in [0.1, 0.15) is 6.26 Å². The molecule has 4 N–H and O–H groups in total. The first-order valence-electron chi connectivity index (χ1n) is 10.5. The molecular formula is C22H33ClN6O2. The van der Waals surface area contributed by atoms with E-state index in [1.807, 2.05) is 37.8 Å². The monoisotopic (exact) mass is 448 g/mol. The summed E-state index contributed by atoms with van der Waals surface area (Å²) >= 11 is 6.17. The molecule has 0 radical (unpaired) electrons. The zero-order chi connectivity index (χ0) is 23.2. The van der Waals surface area contributed by atoms with E-state index in [0.717, 1.165) is 30.6 Å². The molecule has 1 amide bonds. The average molecular weight is 449 g/mol. The van der Waals surface area contributed by atoms with Crippen LogP contribution in [0.4, 0.5) is 11.7 Å². The normalized spacial score (nSPS) is 9.87. The number of carbonyl (C=O) groups is 1. The molecule has 2 heterocycles. The molecule has 0 aliphatic rings. The smallest absolute Gasteiger partial charge is 0.292 e. The molecule has 3 aromatic rings. The highest BCUT2D eigenvalue weighted by molar-refractivity contribution is 6.34. The summed E-state index contributed by atoms with van der Waals surface area (Å²) in [6.07, 6.45) is 7.16. The number of rotatable bonds is 7. The summed E-state index contributed by atoms with van der Waals surface area (Å²) in [6, 6.07) is 5.32. The van der Waals surface area contributed by atoms with Crippen molar-refractivity contribution in [3.05, 3.63) is 47.6 Å². The fourth-order valence-corrected chi connectivity index (χ4v) is 2.66. The molecule has 9 heteroatoms. The number of oxazole rings is 1. The molecule has 0 unspecified atom stereocenters. The molecule has 0 aliphatic heterocycles. The van der Waals surface area contributed by atoms with Gasteiger partial charge in [-0.05, 0) is 44.1 Å². The highest BCUT2D eigenvalue weighted by Gasteiger charge is 2.14. The van der Waals surface area contributed by atoms with Crippen LogP contribution in [0.2, 0.25) is 5.02 Å². The van der Waals surface area contributed by atoms with Crippen LogP contribution in [-0.4, -0.2) is 34.3 Å². The largest absolute Gasteiger partial charge is 0.431 e. The molecular weight excluding hydrogens is 416 g/mol. The van der Waals surface area contributed by atoms with Gasteiger partial charge in [0, 0.05) is 18.3 Å². The minimum Gasteiger partial charge on any atom is -0.431 e. The third kappa shape index (κ3) is 8.43. The number of halogens is 1. The summed E-state index contributed by atoms with van der Waals surface area (Å²) in [7, 11) is 1.96. The van der Waals surface area contributed by atoms with Crippen LogP contribution in [0.25, 0.3) is 11.1 Å². The minimum atomic E-state index is -0.448. The highest BCUT2D eigenvalue weighted by atomic mass is 35.5. The Labute approximate surface area is 189 Å². The summed E-state index contributed by atoms with van der Waals surface area (Å²) in [5.41, 5.74) is 7.78. The zero-order valence-corrected chi connectivity index (χ0v) is 19.7. The van der Waals surface area contributed by atoms with E-state index >= 15 is 0 Å². The lowest BCUT2D eigenvalue weighted by Gasteiger charge is -2.07. The molecule has 31 heavy (non-hydrogen) atoms. The number of hydrogen-bond acceptors (Lipinski definition) is 6. The maximum Gasteiger partial charge on any atom is 0.292 e. The van der Waals surface area contributed by atoms with Crippen LogP contribution in [0, 0.1) is 0 Å². The van der Waals surface area contributed by atoms with Crippen molar-refractivity contribution in [3.63, 3.8) is 0 Å². The SMILES string of the molecule is CC.CCCNC.CCCn1cc(-c2ccc(Cl)c(NC(=O)c3coc(N)n3)c2)cn1. The zero-order valence-electron chi connectivity index (χ0n) is 18.9. The van der Waals surface area contributed by atoms with Crippen molar-refractivity contribution in [2.75, 3.05) is 24.6 Å². The summed E-state index contributed by atoms with van der Waals surface area (Å²) in [5.74, 6) is -0.448. The van der Waals surface area contributed by atoms with Crippen molar-refractivity contribution in [1.29, 1.82) is 0 Å². The van der Waals surface area contributed by atoms with E-state index in [1.54, 1.807) is 18.3 Å². The van der Waals surface area contributed by atoms with Crippen LogP contribution < -0.4 is 16.4 Å². The number of aryl methyl sites for hydroxylation is 1. The van der Waals surface area contributed by atoms with Gasteiger partial charge in [0.2, 0.25) is 0 Å². The topological polar surface area (TPSA) is 111 Å². The second-order valence-electron chi connectivity index (χ2n) is 6.32. The molecule has 3 rings (SSSR count). The standard InChI is InChI=1S/C16H16ClN5O2.C4H11N.C2H6/c1-2-5-22-8-11(7-19-22)10-3-4-12(17)13(6-10)20-15(23)14-9-24-16(18)21-14;1-3-4-5-2;1-2/h3-4,6-9H,2,5H2,1H3,(H2,18,21)(H,20,23);5H,3-4H2,1-2H3;1-2H3. The lowest BCUT2D eigenvalue weighted by atomic mass is 10.1. The van der Waals surface area contributed by atoms with Gasteiger partial charge in [-0.3, -0.25) is 9.48 Å². The van der Waals surface area contributed by atoms with Gasteiger partial charge in [-0.1, -0.05) is 45.4 Å². The molecule has 0 atom stereocenters. The molecule has 0 aliphatic carbocycles. The van der Waals surface area contributed by atoms with E-state index < -0.39 is 5.91 Å². The van der Waals surface area contributed by atoms with Crippen LogP contribution in [0.15, 0.2) is 41.3 Å². The summed E-state index contributed by atoms with van der Waals surface area (Å²) in [5, 5.41) is 10.4. The van der Waals surface area contributed by atoms with Crippen molar-refractivity contribution in [1.82, 2.24) is 20.1 Å². The van der Waals surface area contributed by atoms with Crippen LogP contribution >= 0.6 is 11.6 Å². The maximum atomic E-state index is 12.2. The number of amides is 1. The fraction of sp³-hybridized carbons (Fsp3) is 0.409. The summed E-state index contributed by atoms with van der Waals surface area (Å²) in [6.45, 7) is 10.2. The van der Waals surface area contributed by atoms with Gasteiger partial charge >= 0.3 is 0 Å². The van der Waals surface area contributed by atoms with E-state index in [4.69, 9.17) is 21.8 Å². The van der Waals surface area contributed by atoms with Crippen LogP contribution in [0.5, 0.6) is 0 Å². The Balaban J connectivity index is 0.000000605. The lowest BCUT2D eigenvalue weighted by molar-refractivity contribution is 0.102. The molecule has 0 spiro atoms. The van der Waals surface area contributed by atoms with Crippen molar-refractivity contribution >= 4 is 29.2 Å². The third-order valence-corrected chi connectivity index (χ3v) is 4.22. The quantitative estimate of drug-likeness (QED) is 0.464. The first-order valence-corrected chi connectivity index (χ1v) is 10.9. The first-order chi connectivity index (χ1) is 15.0. The molecule has 2 aromatic heterocycles. The highest BCUT2D eigenvalue weighted by Crippen LogP contribution is 2.29. The summed E-state index contributed by atoms with van der Waals surface area (Å²) in [4.78, 5) is 15.9. The van der Waals surface area contributed by atoms with E-state index in [9.17, 15) is 4.79 Å². The Morgan fingerprint density at radius 2 is 1.97 bits per heavy atom. The molecule has 0 fully saturated rings. The number of nitrogen functional groups attached to an aromatic ring is 1. The van der Waals surface area contributed by atoms with E-state index in [1.165, 1.54) is 12.7 Å². The Kier molecular flexibility index (Phi) is 12.0. The van der Waals surface area contributed by atoms with E-state index in [-0.39, 0.29) is 11.7 Å². The number of benzene rings is 1. The maximum absolute atomic E-state index is 12.2. The van der Waals surface area contributed by atoms with Gasteiger partial charge in [0.25, 0.3) is 11.9 Å². The molecule has 0 bridgehead atoms.